The minimum atomic E-state index is -5.37. The topological polar surface area (TPSA) is 264 Å². The first-order valence-electron chi connectivity index (χ1n) is 13.0. The molecule has 0 aromatic heterocycles. The molecule has 248 valence electrons. The molecule has 0 heterocycles. The number of benzene rings is 4. The predicted octanol–water partition coefficient (Wildman–Crippen LogP) is 4.29. The molecule has 5 N–H and O–H groups in total. The summed E-state index contributed by atoms with van der Waals surface area (Å²) < 4.78 is 102. The van der Waals surface area contributed by atoms with Gasteiger partial charge in [-0.05, 0) is 53.4 Å². The van der Waals surface area contributed by atoms with Gasteiger partial charge >= 0.3 is 0 Å². The van der Waals surface area contributed by atoms with Crippen LogP contribution in [0, 0.1) is 10.1 Å². The van der Waals surface area contributed by atoms with Crippen molar-refractivity contribution in [2.45, 2.75) is 40.9 Å². The number of carbonyl (C=O) groups is 2. The Hall–Kier alpha value is -4.79. The van der Waals surface area contributed by atoms with Crippen molar-refractivity contribution >= 4 is 70.0 Å². The Labute approximate surface area is 267 Å². The molecule has 2 amide bonds. The minimum Gasteiger partial charge on any atom is -0.322 e. The summed E-state index contributed by atoms with van der Waals surface area (Å²) in [5, 5.41) is 14.6. The van der Waals surface area contributed by atoms with Gasteiger partial charge in [0.1, 0.15) is 9.79 Å². The Morgan fingerprint density at radius 3 is 1.81 bits per heavy atom. The van der Waals surface area contributed by atoms with Crippen molar-refractivity contribution in [3.8, 4) is 0 Å². The lowest BCUT2D eigenvalue weighted by molar-refractivity contribution is -0.384. The molecule has 0 saturated heterocycles. The van der Waals surface area contributed by atoms with E-state index < -0.39 is 83.7 Å². The first-order valence-corrected chi connectivity index (χ1v) is 17.4. The lowest BCUT2D eigenvalue weighted by Gasteiger charge is -2.24. The standard InChI is InChI=1S/C28H25N3O13S3/c1-28(2,3)20-8-7-16(12-22(20)30-26(32)15-5-4-6-17(11-15)31(34)35)27(33)29-21-9-10-23(46(39,40)41)19-13-18(45(36,37)38)14-24(25(19)21)47(42,43)44/h4-14H,1-3H3,(H,29,33)(H,30,32)(H,36,37,38)(H,39,40,41)(H,42,43,44). The average Bonchev–Trinajstić information content (AvgIpc) is 2.94. The molecule has 0 saturated carbocycles. The van der Waals surface area contributed by atoms with Crippen molar-refractivity contribution in [1.82, 2.24) is 0 Å². The molecule has 16 nitrogen and oxygen atoms in total. The van der Waals surface area contributed by atoms with Gasteiger partial charge in [0.25, 0.3) is 47.9 Å². The molecule has 0 spiro atoms. The van der Waals surface area contributed by atoms with Gasteiger partial charge in [-0.15, -0.1) is 0 Å². The van der Waals surface area contributed by atoms with Crippen LogP contribution >= 0.6 is 0 Å². The third-order valence-corrected chi connectivity index (χ3v) is 9.39. The van der Waals surface area contributed by atoms with E-state index in [1.807, 2.05) is 20.8 Å². The van der Waals surface area contributed by atoms with Gasteiger partial charge in [-0.2, -0.15) is 25.3 Å². The van der Waals surface area contributed by atoms with Crippen LogP contribution in [0.3, 0.4) is 0 Å². The molecule has 0 unspecified atom stereocenters. The number of nitro groups is 1. The number of anilines is 2. The summed E-state index contributed by atoms with van der Waals surface area (Å²) in [6.07, 6.45) is 0. The summed E-state index contributed by atoms with van der Waals surface area (Å²) in [4.78, 5) is 33.7. The zero-order valence-corrected chi connectivity index (χ0v) is 26.9. The lowest BCUT2D eigenvalue weighted by atomic mass is 9.85. The van der Waals surface area contributed by atoms with Gasteiger partial charge < -0.3 is 10.6 Å². The molecular formula is C28H25N3O13S3. The molecule has 0 aliphatic heterocycles. The highest BCUT2D eigenvalue weighted by Gasteiger charge is 2.28. The highest BCUT2D eigenvalue weighted by Crippen LogP contribution is 2.37. The van der Waals surface area contributed by atoms with Crippen LogP contribution in [0.25, 0.3) is 10.8 Å². The number of amides is 2. The van der Waals surface area contributed by atoms with Gasteiger partial charge in [0.15, 0.2) is 0 Å². The monoisotopic (exact) mass is 707 g/mol. The summed E-state index contributed by atoms with van der Waals surface area (Å²) in [5.74, 6) is -1.70. The Bertz CT molecular complexity index is 2330. The van der Waals surface area contributed by atoms with Crippen molar-refractivity contribution in [2.24, 2.45) is 0 Å². The van der Waals surface area contributed by atoms with E-state index in [0.29, 0.717) is 17.7 Å². The third kappa shape index (κ3) is 7.62. The molecule has 0 radical (unpaired) electrons. The molecule has 0 fully saturated rings. The average molecular weight is 708 g/mol. The maximum absolute atomic E-state index is 13.5. The summed E-state index contributed by atoms with van der Waals surface area (Å²) in [6, 6.07) is 11.5. The van der Waals surface area contributed by atoms with E-state index in [9.17, 15) is 58.6 Å². The van der Waals surface area contributed by atoms with E-state index in [4.69, 9.17) is 0 Å². The fourth-order valence-electron chi connectivity index (χ4n) is 4.67. The zero-order chi connectivity index (χ0) is 35.3. The van der Waals surface area contributed by atoms with Crippen molar-refractivity contribution in [3.05, 3.63) is 93.5 Å². The first-order chi connectivity index (χ1) is 21.5. The second-order valence-corrected chi connectivity index (χ2v) is 15.3. The number of nitrogens with zero attached hydrogens (tertiary/aromatic N) is 1. The van der Waals surface area contributed by atoms with Gasteiger partial charge in [0.2, 0.25) is 0 Å². The second-order valence-electron chi connectivity index (χ2n) is 11.1. The van der Waals surface area contributed by atoms with E-state index in [1.54, 1.807) is 0 Å². The van der Waals surface area contributed by atoms with Crippen LogP contribution in [0.4, 0.5) is 17.1 Å². The molecule has 4 rings (SSSR count). The molecule has 0 atom stereocenters. The van der Waals surface area contributed by atoms with E-state index in [0.717, 1.165) is 18.2 Å². The smallest absolute Gasteiger partial charge is 0.295 e. The SMILES string of the molecule is CC(C)(C)c1ccc(C(=O)Nc2ccc(S(=O)(=O)O)c3cc(S(=O)(=O)O)cc(S(=O)(=O)O)c23)cc1NC(=O)c1cccc([N+](=O)[O-])c1. The van der Waals surface area contributed by atoms with Crippen molar-refractivity contribution in [3.63, 3.8) is 0 Å². The number of non-ortho nitro benzene ring substituents is 1. The van der Waals surface area contributed by atoms with Crippen LogP contribution in [0.1, 0.15) is 47.1 Å². The number of rotatable bonds is 8. The molecule has 47 heavy (non-hydrogen) atoms. The molecule has 0 aliphatic carbocycles. The van der Waals surface area contributed by atoms with Gasteiger partial charge in [0, 0.05) is 39.7 Å². The summed E-state index contributed by atoms with van der Waals surface area (Å²) in [7, 11) is -15.7. The molecule has 0 bridgehead atoms. The van der Waals surface area contributed by atoms with Crippen molar-refractivity contribution in [1.29, 1.82) is 0 Å². The molecule has 4 aromatic carbocycles. The number of hydrogen-bond donors (Lipinski definition) is 5. The van der Waals surface area contributed by atoms with Crippen LogP contribution in [-0.2, 0) is 35.8 Å². The Balaban J connectivity index is 1.87. The van der Waals surface area contributed by atoms with E-state index in [1.165, 1.54) is 36.4 Å². The quantitative estimate of drug-likeness (QED) is 0.0973. The molecule has 4 aromatic rings. The summed E-state index contributed by atoms with van der Waals surface area (Å²) in [5.41, 5.74) is -0.913. The van der Waals surface area contributed by atoms with Gasteiger partial charge in [-0.3, -0.25) is 33.4 Å². The number of carbonyl (C=O) groups excluding carboxylic acids is 2. The number of fused-ring (bicyclic) bond motifs is 1. The van der Waals surface area contributed by atoms with Gasteiger partial charge in [0.05, 0.1) is 15.5 Å². The molecular weight excluding hydrogens is 683 g/mol. The highest BCUT2D eigenvalue weighted by molar-refractivity contribution is 7.87. The van der Waals surface area contributed by atoms with Gasteiger partial charge in [-0.1, -0.05) is 32.9 Å². The van der Waals surface area contributed by atoms with Crippen LogP contribution in [0.5, 0.6) is 0 Å². The fourth-order valence-corrected chi connectivity index (χ4v) is 6.71. The van der Waals surface area contributed by atoms with Crippen LogP contribution in [0.15, 0.2) is 81.4 Å². The van der Waals surface area contributed by atoms with Crippen LogP contribution in [-0.4, -0.2) is 55.6 Å². The zero-order valence-electron chi connectivity index (χ0n) is 24.4. The lowest BCUT2D eigenvalue weighted by Crippen LogP contribution is -2.20. The van der Waals surface area contributed by atoms with E-state index in [-0.39, 0.29) is 22.5 Å². The number of nitrogens with one attached hydrogen (secondary N) is 2. The van der Waals surface area contributed by atoms with Crippen molar-refractivity contribution < 1.29 is 53.4 Å². The van der Waals surface area contributed by atoms with E-state index in [2.05, 4.69) is 10.6 Å². The second kappa shape index (κ2) is 12.1. The summed E-state index contributed by atoms with van der Waals surface area (Å²) in [6.45, 7) is 5.43. The largest absolute Gasteiger partial charge is 0.322 e. The number of nitro benzene ring substituents is 1. The Kier molecular flexibility index (Phi) is 9.03. The number of hydrogen-bond acceptors (Lipinski definition) is 10. The minimum absolute atomic E-state index is 0.0543. The third-order valence-electron chi connectivity index (χ3n) is 6.77. The predicted molar refractivity (Wildman–Crippen MR) is 168 cm³/mol. The van der Waals surface area contributed by atoms with E-state index >= 15 is 0 Å². The highest BCUT2D eigenvalue weighted by atomic mass is 32.2. The normalized spacial score (nSPS) is 12.5. The van der Waals surface area contributed by atoms with Crippen molar-refractivity contribution in [2.75, 3.05) is 10.6 Å². The Morgan fingerprint density at radius 2 is 1.28 bits per heavy atom. The van der Waals surface area contributed by atoms with Crippen LogP contribution < -0.4 is 10.6 Å². The van der Waals surface area contributed by atoms with Gasteiger partial charge in [-0.25, -0.2) is 0 Å². The Morgan fingerprint density at radius 1 is 0.702 bits per heavy atom. The fraction of sp³-hybridized carbons (Fsp3) is 0.143. The first kappa shape index (κ1) is 35.1. The molecule has 19 heteroatoms. The maximum atomic E-state index is 13.5. The maximum Gasteiger partial charge on any atom is 0.295 e. The molecule has 0 aliphatic rings. The summed E-state index contributed by atoms with van der Waals surface area (Å²) >= 11 is 0. The van der Waals surface area contributed by atoms with Crippen LogP contribution in [0.2, 0.25) is 0 Å².